The van der Waals surface area contributed by atoms with Crippen LogP contribution in [0.5, 0.6) is 0 Å². The van der Waals surface area contributed by atoms with E-state index in [-0.39, 0.29) is 23.4 Å². The van der Waals surface area contributed by atoms with Crippen LogP contribution in [-0.2, 0) is 10.2 Å². The second-order valence-corrected chi connectivity index (χ2v) is 6.29. The van der Waals surface area contributed by atoms with Gasteiger partial charge in [-0.05, 0) is 35.7 Å². The Bertz CT molecular complexity index is 779. The molecule has 3 atom stereocenters. The van der Waals surface area contributed by atoms with Gasteiger partial charge >= 0.3 is 0 Å². The smallest absolute Gasteiger partial charge is 0.141 e. The molecule has 0 bridgehead atoms. The van der Waals surface area contributed by atoms with E-state index in [4.69, 9.17) is 11.2 Å². The summed E-state index contributed by atoms with van der Waals surface area (Å²) < 4.78 is 19.4. The Balaban J connectivity index is 1.91. The molecule has 23 heavy (non-hydrogen) atoms. The molecule has 0 spiro atoms. The summed E-state index contributed by atoms with van der Waals surface area (Å²) in [6.45, 7) is 0.683. The van der Waals surface area contributed by atoms with E-state index in [1.54, 1.807) is 12.1 Å². The number of terminal acetylenes is 1. The van der Waals surface area contributed by atoms with E-state index in [2.05, 4.69) is 30.0 Å². The Morgan fingerprint density at radius 1 is 1.26 bits per heavy atom. The van der Waals surface area contributed by atoms with Crippen LogP contribution in [-0.4, -0.2) is 19.9 Å². The number of hydrogen-bond acceptors (Lipinski definition) is 2. The SMILES string of the molecule is C#CC(c1ccc(F)cc1)[C@@]12CCO[C@@H]1N(C)c1ccccc12. The van der Waals surface area contributed by atoms with Gasteiger partial charge in [-0.15, -0.1) is 6.42 Å². The Kier molecular flexibility index (Phi) is 3.18. The molecule has 0 N–H and O–H groups in total. The fourth-order valence-electron chi connectivity index (χ4n) is 4.28. The molecule has 2 aromatic rings. The number of nitrogens with zero attached hydrogens (tertiary/aromatic N) is 1. The van der Waals surface area contributed by atoms with Crippen molar-refractivity contribution in [3.8, 4) is 12.3 Å². The largest absolute Gasteiger partial charge is 0.357 e. The average molecular weight is 307 g/mol. The summed E-state index contributed by atoms with van der Waals surface area (Å²) in [6, 6.07) is 14.9. The zero-order valence-corrected chi connectivity index (χ0v) is 13.0. The van der Waals surface area contributed by atoms with Crippen LogP contribution in [0.25, 0.3) is 0 Å². The second kappa shape index (κ2) is 5.11. The average Bonchev–Trinajstić information content (AvgIpc) is 3.10. The van der Waals surface area contributed by atoms with Crippen LogP contribution in [0, 0.1) is 18.2 Å². The number of benzene rings is 2. The van der Waals surface area contributed by atoms with E-state index in [0.29, 0.717) is 6.61 Å². The van der Waals surface area contributed by atoms with E-state index < -0.39 is 0 Å². The Hall–Kier alpha value is -2.31. The third kappa shape index (κ3) is 1.85. The van der Waals surface area contributed by atoms with Crippen LogP contribution in [0.3, 0.4) is 0 Å². The van der Waals surface area contributed by atoms with E-state index in [1.807, 2.05) is 12.1 Å². The van der Waals surface area contributed by atoms with Crippen molar-refractivity contribution in [2.75, 3.05) is 18.6 Å². The zero-order valence-electron chi connectivity index (χ0n) is 13.0. The molecule has 0 aliphatic carbocycles. The minimum Gasteiger partial charge on any atom is -0.357 e. The van der Waals surface area contributed by atoms with Crippen molar-refractivity contribution in [3.05, 3.63) is 65.5 Å². The highest BCUT2D eigenvalue weighted by Crippen LogP contribution is 2.57. The highest BCUT2D eigenvalue weighted by Gasteiger charge is 2.58. The molecule has 1 unspecified atom stereocenters. The number of halogens is 1. The van der Waals surface area contributed by atoms with Gasteiger partial charge in [-0.3, -0.25) is 0 Å². The molecule has 2 heterocycles. The van der Waals surface area contributed by atoms with Crippen LogP contribution < -0.4 is 4.90 Å². The van der Waals surface area contributed by atoms with Crippen molar-refractivity contribution in [2.24, 2.45) is 0 Å². The van der Waals surface area contributed by atoms with Gasteiger partial charge in [0.2, 0.25) is 0 Å². The first kappa shape index (κ1) is 14.3. The van der Waals surface area contributed by atoms with Gasteiger partial charge in [-0.2, -0.15) is 0 Å². The van der Waals surface area contributed by atoms with Crippen LogP contribution in [0.4, 0.5) is 10.1 Å². The maximum absolute atomic E-state index is 13.3. The van der Waals surface area contributed by atoms with Gasteiger partial charge in [0.1, 0.15) is 12.0 Å². The molecule has 2 aliphatic rings. The van der Waals surface area contributed by atoms with Crippen LogP contribution in [0.2, 0.25) is 0 Å². The van der Waals surface area contributed by atoms with Crippen molar-refractivity contribution in [1.29, 1.82) is 0 Å². The normalized spacial score (nSPS) is 26.5. The molecule has 2 nitrogen and oxygen atoms in total. The van der Waals surface area contributed by atoms with E-state index >= 15 is 0 Å². The summed E-state index contributed by atoms with van der Waals surface area (Å²) >= 11 is 0. The van der Waals surface area contributed by atoms with E-state index in [9.17, 15) is 4.39 Å². The van der Waals surface area contributed by atoms with Crippen molar-refractivity contribution in [3.63, 3.8) is 0 Å². The molecule has 0 amide bonds. The van der Waals surface area contributed by atoms with Gasteiger partial charge < -0.3 is 9.64 Å². The van der Waals surface area contributed by atoms with Gasteiger partial charge in [0.05, 0.1) is 17.9 Å². The van der Waals surface area contributed by atoms with Gasteiger partial charge in [0.25, 0.3) is 0 Å². The molecule has 0 radical (unpaired) electrons. The predicted molar refractivity (Wildman–Crippen MR) is 88.9 cm³/mol. The molecule has 2 aliphatic heterocycles. The maximum atomic E-state index is 13.3. The molecule has 0 aromatic heterocycles. The fraction of sp³-hybridized carbons (Fsp3) is 0.300. The monoisotopic (exact) mass is 307 g/mol. The molecule has 116 valence electrons. The minimum absolute atomic E-state index is 0.0778. The van der Waals surface area contributed by atoms with Crippen molar-refractivity contribution < 1.29 is 9.13 Å². The minimum atomic E-state index is -0.280. The van der Waals surface area contributed by atoms with Crippen LogP contribution >= 0.6 is 0 Å². The Labute approximate surface area is 135 Å². The summed E-state index contributed by atoms with van der Waals surface area (Å²) in [5.74, 6) is 2.58. The van der Waals surface area contributed by atoms with Gasteiger partial charge in [-0.1, -0.05) is 36.3 Å². The number of ether oxygens (including phenoxy) is 1. The first-order valence-electron chi connectivity index (χ1n) is 7.84. The summed E-state index contributed by atoms with van der Waals surface area (Å²) in [5.41, 5.74) is 3.09. The van der Waals surface area contributed by atoms with Gasteiger partial charge in [0.15, 0.2) is 0 Å². The highest BCUT2D eigenvalue weighted by molar-refractivity contribution is 5.66. The summed E-state index contributed by atoms with van der Waals surface area (Å²) in [5, 5.41) is 0. The summed E-state index contributed by atoms with van der Waals surface area (Å²) in [6.07, 6.45) is 6.75. The van der Waals surface area contributed by atoms with Crippen molar-refractivity contribution in [2.45, 2.75) is 24.0 Å². The first-order valence-corrected chi connectivity index (χ1v) is 7.84. The molecule has 4 rings (SSSR count). The predicted octanol–water partition coefficient (Wildman–Crippen LogP) is 3.68. The van der Waals surface area contributed by atoms with Crippen molar-refractivity contribution in [1.82, 2.24) is 0 Å². The third-order valence-corrected chi connectivity index (χ3v) is 5.25. The highest BCUT2D eigenvalue weighted by atomic mass is 19.1. The van der Waals surface area contributed by atoms with Gasteiger partial charge in [-0.25, -0.2) is 4.39 Å². The Morgan fingerprint density at radius 2 is 2.00 bits per heavy atom. The summed E-state index contributed by atoms with van der Waals surface area (Å²) in [4.78, 5) is 2.18. The number of rotatable bonds is 2. The first-order chi connectivity index (χ1) is 11.2. The lowest BCUT2D eigenvalue weighted by Gasteiger charge is -2.35. The number of anilines is 1. The molecule has 0 saturated carbocycles. The number of likely N-dealkylation sites (N-methyl/N-ethyl adjacent to an activating group) is 1. The van der Waals surface area contributed by atoms with Crippen molar-refractivity contribution >= 4 is 5.69 Å². The van der Waals surface area contributed by atoms with Crippen LogP contribution in [0.1, 0.15) is 23.5 Å². The molecule has 2 aromatic carbocycles. The lowest BCUT2D eigenvalue weighted by atomic mass is 9.67. The maximum Gasteiger partial charge on any atom is 0.141 e. The van der Waals surface area contributed by atoms with E-state index in [0.717, 1.165) is 12.0 Å². The number of fused-ring (bicyclic) bond motifs is 3. The van der Waals surface area contributed by atoms with Crippen LogP contribution in [0.15, 0.2) is 48.5 Å². The summed E-state index contributed by atoms with van der Waals surface area (Å²) in [7, 11) is 2.05. The fourth-order valence-corrected chi connectivity index (χ4v) is 4.28. The number of para-hydroxylation sites is 1. The third-order valence-electron chi connectivity index (χ3n) is 5.25. The lowest BCUT2D eigenvalue weighted by Crippen LogP contribution is -2.43. The number of hydrogen-bond donors (Lipinski definition) is 0. The topological polar surface area (TPSA) is 12.5 Å². The molecule has 1 saturated heterocycles. The second-order valence-electron chi connectivity index (χ2n) is 6.29. The molecule has 3 heteroatoms. The standard InChI is InChI=1S/C20H18FNO/c1-3-16(14-8-10-15(21)11-9-14)20-12-13-23-19(20)22(2)18-7-5-4-6-17(18)20/h1,4-11,16,19H,12-13H2,2H3/t16?,19-,20+/m0/s1. The Morgan fingerprint density at radius 3 is 2.74 bits per heavy atom. The quantitative estimate of drug-likeness (QED) is 0.785. The molecular weight excluding hydrogens is 289 g/mol. The van der Waals surface area contributed by atoms with E-state index in [1.165, 1.54) is 23.4 Å². The zero-order chi connectivity index (χ0) is 16.0. The lowest BCUT2D eigenvalue weighted by molar-refractivity contribution is 0.0844. The van der Waals surface area contributed by atoms with Gasteiger partial charge in [0, 0.05) is 12.7 Å². The molecule has 1 fully saturated rings. The molecular formula is C20H18FNO.